The molecule has 70 valence electrons. The Bertz CT molecular complexity index is 403. The van der Waals surface area contributed by atoms with Gasteiger partial charge in [0.05, 0.1) is 6.26 Å². The topological polar surface area (TPSA) is 36.2 Å². The van der Waals surface area contributed by atoms with Crippen molar-refractivity contribution in [2.24, 2.45) is 0 Å². The minimum atomic E-state index is -0.00796. The predicted molar refractivity (Wildman–Crippen MR) is 53.0 cm³/mol. The Morgan fingerprint density at radius 3 is 2.71 bits per heavy atom. The lowest BCUT2D eigenvalue weighted by Crippen LogP contribution is -2.02. The Balaban J connectivity index is 2.15. The van der Waals surface area contributed by atoms with Crippen LogP contribution in [0.25, 0.3) is 6.08 Å². The molecule has 0 saturated heterocycles. The van der Waals surface area contributed by atoms with E-state index >= 15 is 0 Å². The summed E-state index contributed by atoms with van der Waals surface area (Å²) in [7, 11) is 0. The van der Waals surface area contributed by atoms with Gasteiger partial charge in [-0.25, -0.2) is 0 Å². The number of furan rings is 1. The Hall–Kier alpha value is -1.96. The molecule has 1 aromatic rings. The van der Waals surface area contributed by atoms with Gasteiger partial charge in [0.1, 0.15) is 5.76 Å². The first-order valence-corrected chi connectivity index (χ1v) is 4.34. The molecule has 1 heterocycles. The maximum Gasteiger partial charge on any atom is 0.126 e. The first-order chi connectivity index (χ1) is 6.86. The SMILES string of the molecule is [O-]C(/C=C/c1ccco1)=C1C=CC=C1. The molecule has 0 unspecified atom stereocenters. The lowest BCUT2D eigenvalue weighted by atomic mass is 10.2. The van der Waals surface area contributed by atoms with E-state index in [0.29, 0.717) is 11.3 Å². The van der Waals surface area contributed by atoms with Crippen molar-refractivity contribution in [3.63, 3.8) is 0 Å². The summed E-state index contributed by atoms with van der Waals surface area (Å²) in [4.78, 5) is 0. The smallest absolute Gasteiger partial charge is 0.126 e. The van der Waals surface area contributed by atoms with Gasteiger partial charge in [0.15, 0.2) is 0 Å². The predicted octanol–water partition coefficient (Wildman–Crippen LogP) is 2.03. The number of rotatable bonds is 2. The Labute approximate surface area is 82.2 Å². The lowest BCUT2D eigenvalue weighted by Gasteiger charge is -2.07. The van der Waals surface area contributed by atoms with Gasteiger partial charge in [-0.05, 0) is 23.8 Å². The van der Waals surface area contributed by atoms with Crippen LogP contribution < -0.4 is 5.11 Å². The molecule has 0 N–H and O–H groups in total. The van der Waals surface area contributed by atoms with Crippen LogP contribution in [0.15, 0.2) is 64.5 Å². The zero-order valence-corrected chi connectivity index (χ0v) is 7.51. The zero-order valence-electron chi connectivity index (χ0n) is 7.51. The maximum atomic E-state index is 11.5. The molecule has 0 fully saturated rings. The molecule has 1 aliphatic rings. The van der Waals surface area contributed by atoms with E-state index in [0.717, 1.165) is 0 Å². The van der Waals surface area contributed by atoms with Gasteiger partial charge in [0, 0.05) is 0 Å². The summed E-state index contributed by atoms with van der Waals surface area (Å²) in [6, 6.07) is 3.58. The summed E-state index contributed by atoms with van der Waals surface area (Å²) in [5, 5.41) is 11.5. The highest BCUT2D eigenvalue weighted by molar-refractivity contribution is 5.51. The molecule has 1 aliphatic carbocycles. The van der Waals surface area contributed by atoms with E-state index in [4.69, 9.17) is 4.42 Å². The summed E-state index contributed by atoms with van der Waals surface area (Å²) < 4.78 is 5.06. The van der Waals surface area contributed by atoms with E-state index in [-0.39, 0.29) is 5.76 Å². The number of hydrogen-bond acceptors (Lipinski definition) is 2. The van der Waals surface area contributed by atoms with Gasteiger partial charge >= 0.3 is 0 Å². The molecule has 0 saturated carbocycles. The van der Waals surface area contributed by atoms with Crippen LogP contribution in [0.4, 0.5) is 0 Å². The molecular formula is C12H9O2-. The zero-order chi connectivity index (χ0) is 9.80. The molecule has 0 radical (unpaired) electrons. The van der Waals surface area contributed by atoms with Gasteiger partial charge in [0.2, 0.25) is 0 Å². The van der Waals surface area contributed by atoms with Gasteiger partial charge in [-0.1, -0.05) is 30.4 Å². The molecular weight excluding hydrogens is 176 g/mol. The minimum absolute atomic E-state index is 0.00796. The van der Waals surface area contributed by atoms with Crippen molar-refractivity contribution in [1.82, 2.24) is 0 Å². The fourth-order valence-corrected chi connectivity index (χ4v) is 1.18. The van der Waals surface area contributed by atoms with Crippen LogP contribution in [0, 0.1) is 0 Å². The van der Waals surface area contributed by atoms with Crippen molar-refractivity contribution in [2.45, 2.75) is 0 Å². The van der Waals surface area contributed by atoms with Crippen LogP contribution in [-0.4, -0.2) is 0 Å². The van der Waals surface area contributed by atoms with Gasteiger partial charge < -0.3 is 9.52 Å². The number of hydrogen-bond donors (Lipinski definition) is 0. The average molecular weight is 185 g/mol. The quantitative estimate of drug-likeness (QED) is 0.661. The third-order valence-electron chi connectivity index (χ3n) is 1.89. The van der Waals surface area contributed by atoms with E-state index in [9.17, 15) is 5.11 Å². The van der Waals surface area contributed by atoms with Gasteiger partial charge in [-0.2, -0.15) is 0 Å². The molecule has 0 atom stereocenters. The van der Waals surface area contributed by atoms with E-state index in [1.54, 1.807) is 36.6 Å². The molecule has 14 heavy (non-hydrogen) atoms. The Kier molecular flexibility index (Phi) is 2.36. The van der Waals surface area contributed by atoms with E-state index in [1.807, 2.05) is 12.2 Å². The average Bonchev–Trinajstić information content (AvgIpc) is 2.87. The summed E-state index contributed by atoms with van der Waals surface area (Å²) in [5.41, 5.74) is 0.702. The molecule has 2 heteroatoms. The van der Waals surface area contributed by atoms with Crippen molar-refractivity contribution >= 4 is 6.08 Å². The number of allylic oxidation sites excluding steroid dienone is 6. The third-order valence-corrected chi connectivity index (χ3v) is 1.89. The summed E-state index contributed by atoms with van der Waals surface area (Å²) in [6.07, 6.45) is 12.0. The van der Waals surface area contributed by atoms with Gasteiger partial charge in [-0.15, -0.1) is 5.76 Å². The van der Waals surface area contributed by atoms with Gasteiger partial charge in [0.25, 0.3) is 0 Å². The van der Waals surface area contributed by atoms with Gasteiger partial charge in [-0.3, -0.25) is 0 Å². The maximum absolute atomic E-state index is 11.5. The third kappa shape index (κ3) is 1.85. The Morgan fingerprint density at radius 1 is 1.29 bits per heavy atom. The molecule has 2 rings (SSSR count). The van der Waals surface area contributed by atoms with Crippen LogP contribution in [0.3, 0.4) is 0 Å². The highest BCUT2D eigenvalue weighted by Gasteiger charge is 1.91. The first-order valence-electron chi connectivity index (χ1n) is 4.34. The van der Waals surface area contributed by atoms with Crippen molar-refractivity contribution in [1.29, 1.82) is 0 Å². The summed E-state index contributed by atoms with van der Waals surface area (Å²) in [5.74, 6) is 0.677. The van der Waals surface area contributed by atoms with Crippen LogP contribution in [0.5, 0.6) is 0 Å². The lowest BCUT2D eigenvalue weighted by molar-refractivity contribution is -0.295. The molecule has 0 spiro atoms. The van der Waals surface area contributed by atoms with Crippen molar-refractivity contribution in [3.05, 3.63) is 65.9 Å². The standard InChI is InChI=1S/C12H10O2/c13-12(10-4-1-2-5-10)8-7-11-6-3-9-14-11/h1-9,13H/p-1/b8-7+. The van der Waals surface area contributed by atoms with Crippen LogP contribution in [0.2, 0.25) is 0 Å². The molecule has 1 aromatic heterocycles. The first kappa shape index (κ1) is 8.63. The normalized spacial score (nSPS) is 14.4. The highest BCUT2D eigenvalue weighted by Crippen LogP contribution is 2.12. The molecule has 0 bridgehead atoms. The minimum Gasteiger partial charge on any atom is -0.872 e. The van der Waals surface area contributed by atoms with Crippen molar-refractivity contribution in [3.8, 4) is 0 Å². The Morgan fingerprint density at radius 2 is 2.07 bits per heavy atom. The monoisotopic (exact) mass is 185 g/mol. The second kappa shape index (κ2) is 3.83. The van der Waals surface area contributed by atoms with E-state index < -0.39 is 0 Å². The van der Waals surface area contributed by atoms with Crippen LogP contribution in [0.1, 0.15) is 5.76 Å². The molecule has 0 aliphatic heterocycles. The van der Waals surface area contributed by atoms with Crippen LogP contribution in [-0.2, 0) is 0 Å². The second-order valence-corrected chi connectivity index (χ2v) is 2.89. The molecule has 0 aromatic carbocycles. The van der Waals surface area contributed by atoms with Crippen molar-refractivity contribution in [2.75, 3.05) is 0 Å². The highest BCUT2D eigenvalue weighted by atomic mass is 16.3. The van der Waals surface area contributed by atoms with E-state index in [1.165, 1.54) is 6.08 Å². The fraction of sp³-hybridized carbons (Fsp3) is 0. The summed E-state index contributed by atoms with van der Waals surface area (Å²) in [6.45, 7) is 0. The van der Waals surface area contributed by atoms with Crippen molar-refractivity contribution < 1.29 is 9.52 Å². The summed E-state index contributed by atoms with van der Waals surface area (Å²) >= 11 is 0. The second-order valence-electron chi connectivity index (χ2n) is 2.89. The largest absolute Gasteiger partial charge is 0.872 e. The van der Waals surface area contributed by atoms with E-state index in [2.05, 4.69) is 0 Å². The fourth-order valence-electron chi connectivity index (χ4n) is 1.18. The van der Waals surface area contributed by atoms with Crippen LogP contribution >= 0.6 is 0 Å². The molecule has 2 nitrogen and oxygen atoms in total. The molecule has 0 amide bonds.